The number of aromatic nitrogens is 4. The van der Waals surface area contributed by atoms with Crippen molar-refractivity contribution in [1.82, 2.24) is 20.2 Å². The molecule has 0 atom stereocenters. The summed E-state index contributed by atoms with van der Waals surface area (Å²) < 4.78 is 25.1. The van der Waals surface area contributed by atoms with Gasteiger partial charge in [-0.3, -0.25) is 9.89 Å². The van der Waals surface area contributed by atoms with E-state index < -0.39 is 5.76 Å². The van der Waals surface area contributed by atoms with Gasteiger partial charge in [-0.2, -0.15) is 13.9 Å². The maximum atomic E-state index is 12.5. The highest BCUT2D eigenvalue weighted by atomic mass is 32.2. The van der Waals surface area contributed by atoms with Crippen LogP contribution >= 0.6 is 23.1 Å². The Labute approximate surface area is 143 Å². The van der Waals surface area contributed by atoms with Crippen LogP contribution in [0.5, 0.6) is 0 Å². The summed E-state index contributed by atoms with van der Waals surface area (Å²) in [6, 6.07) is 6.45. The van der Waals surface area contributed by atoms with Crippen LogP contribution in [0.15, 0.2) is 40.9 Å². The Morgan fingerprint density at radius 2 is 2.21 bits per heavy atom. The van der Waals surface area contributed by atoms with Crippen molar-refractivity contribution in [2.75, 3.05) is 5.32 Å². The van der Waals surface area contributed by atoms with E-state index in [-0.39, 0.29) is 12.3 Å². The number of anilines is 1. The minimum absolute atomic E-state index is 0.0400. The Morgan fingerprint density at radius 3 is 2.96 bits per heavy atom. The Balaban J connectivity index is 1.66. The summed E-state index contributed by atoms with van der Waals surface area (Å²) in [6.07, 6.45) is 1.42. The number of nitrogens with zero attached hydrogens (tertiary/aromatic N) is 3. The Bertz CT molecular complexity index is 822. The first-order valence-electron chi connectivity index (χ1n) is 6.75. The molecule has 124 valence electrons. The molecule has 3 rings (SSSR count). The number of thioether (sulfide) groups is 1. The van der Waals surface area contributed by atoms with E-state index in [0.29, 0.717) is 38.9 Å². The van der Waals surface area contributed by atoms with Crippen molar-refractivity contribution in [2.45, 2.75) is 17.1 Å². The fraction of sp³-hybridized carbons (Fsp3) is 0.143. The van der Waals surface area contributed by atoms with Gasteiger partial charge < -0.3 is 5.32 Å². The molecule has 1 aromatic carbocycles. The molecule has 1 amide bonds. The van der Waals surface area contributed by atoms with E-state index >= 15 is 0 Å². The number of thiazole rings is 1. The first-order chi connectivity index (χ1) is 11.6. The van der Waals surface area contributed by atoms with Crippen LogP contribution in [0.1, 0.15) is 5.69 Å². The van der Waals surface area contributed by atoms with Crippen LogP contribution < -0.4 is 5.32 Å². The van der Waals surface area contributed by atoms with Gasteiger partial charge in [-0.25, -0.2) is 9.97 Å². The standard InChI is InChI=1S/C14H11F2N5OS2/c15-14(16)24-10-4-2-1-3-9(10)20-11(22)5-8-6-23-13(19-8)12-17-7-18-21-12/h1-4,6-7,14H,5H2,(H,20,22)(H,17,18,21). The van der Waals surface area contributed by atoms with Gasteiger partial charge in [0.05, 0.1) is 17.8 Å². The van der Waals surface area contributed by atoms with E-state index in [2.05, 4.69) is 25.5 Å². The third kappa shape index (κ3) is 4.15. The van der Waals surface area contributed by atoms with Gasteiger partial charge in [0, 0.05) is 10.3 Å². The molecule has 0 fully saturated rings. The van der Waals surface area contributed by atoms with Gasteiger partial charge in [0.25, 0.3) is 5.76 Å². The molecule has 0 bridgehead atoms. The third-order valence-electron chi connectivity index (χ3n) is 2.89. The number of carbonyl (C=O) groups is 1. The number of aromatic amines is 1. The maximum absolute atomic E-state index is 12.5. The zero-order chi connectivity index (χ0) is 16.9. The van der Waals surface area contributed by atoms with E-state index in [4.69, 9.17) is 0 Å². The first kappa shape index (κ1) is 16.5. The van der Waals surface area contributed by atoms with Crippen molar-refractivity contribution in [3.63, 3.8) is 0 Å². The lowest BCUT2D eigenvalue weighted by Gasteiger charge is -2.09. The van der Waals surface area contributed by atoms with Gasteiger partial charge in [-0.1, -0.05) is 23.9 Å². The number of carbonyl (C=O) groups excluding carboxylic acids is 1. The number of halogens is 2. The lowest BCUT2D eigenvalue weighted by molar-refractivity contribution is -0.115. The van der Waals surface area contributed by atoms with Gasteiger partial charge in [0.2, 0.25) is 5.91 Å². The lowest BCUT2D eigenvalue weighted by atomic mass is 10.3. The lowest BCUT2D eigenvalue weighted by Crippen LogP contribution is -2.15. The minimum atomic E-state index is -2.55. The van der Waals surface area contributed by atoms with Crippen LogP contribution in [0.2, 0.25) is 0 Å². The number of benzene rings is 1. The maximum Gasteiger partial charge on any atom is 0.288 e. The average Bonchev–Trinajstić information content (AvgIpc) is 3.19. The summed E-state index contributed by atoms with van der Waals surface area (Å²) in [6.45, 7) is 0. The van der Waals surface area contributed by atoms with Crippen molar-refractivity contribution in [2.24, 2.45) is 0 Å². The average molecular weight is 367 g/mol. The van der Waals surface area contributed by atoms with Crippen LogP contribution in [-0.4, -0.2) is 31.8 Å². The number of rotatable bonds is 6. The van der Waals surface area contributed by atoms with E-state index in [1.165, 1.54) is 23.7 Å². The summed E-state index contributed by atoms with van der Waals surface area (Å²) >= 11 is 1.73. The molecule has 0 unspecified atom stereocenters. The molecular weight excluding hydrogens is 356 g/mol. The highest BCUT2D eigenvalue weighted by molar-refractivity contribution is 7.99. The second kappa shape index (κ2) is 7.49. The molecule has 0 saturated heterocycles. The number of hydrogen-bond acceptors (Lipinski definition) is 6. The Kier molecular flexibility index (Phi) is 5.16. The molecule has 0 spiro atoms. The second-order valence-corrected chi connectivity index (χ2v) is 6.47. The molecule has 0 aliphatic heterocycles. The normalized spacial score (nSPS) is 11.0. The molecule has 2 N–H and O–H groups in total. The summed E-state index contributed by atoms with van der Waals surface area (Å²) in [7, 11) is 0. The molecule has 6 nitrogen and oxygen atoms in total. The van der Waals surface area contributed by atoms with Crippen molar-refractivity contribution in [3.8, 4) is 10.8 Å². The first-order valence-corrected chi connectivity index (χ1v) is 8.51. The minimum Gasteiger partial charge on any atom is -0.325 e. The number of nitrogens with one attached hydrogen (secondary N) is 2. The van der Waals surface area contributed by atoms with Gasteiger partial charge in [0.15, 0.2) is 10.8 Å². The fourth-order valence-electron chi connectivity index (χ4n) is 1.93. The number of para-hydroxylation sites is 1. The quantitative estimate of drug-likeness (QED) is 0.652. The van der Waals surface area contributed by atoms with Crippen LogP contribution in [0, 0.1) is 0 Å². The molecule has 0 radical (unpaired) electrons. The summed E-state index contributed by atoms with van der Waals surface area (Å²) in [5.41, 5.74) is 0.932. The summed E-state index contributed by atoms with van der Waals surface area (Å²) in [5.74, 6) is -2.34. The zero-order valence-corrected chi connectivity index (χ0v) is 13.7. The van der Waals surface area contributed by atoms with E-state index in [1.807, 2.05) is 0 Å². The Hall–Kier alpha value is -2.33. The van der Waals surface area contributed by atoms with Gasteiger partial charge in [-0.05, 0) is 12.1 Å². The van der Waals surface area contributed by atoms with Gasteiger partial charge >= 0.3 is 0 Å². The summed E-state index contributed by atoms with van der Waals surface area (Å²) in [5, 5.41) is 11.5. The van der Waals surface area contributed by atoms with E-state index in [1.54, 1.807) is 23.6 Å². The van der Waals surface area contributed by atoms with Crippen molar-refractivity contribution >= 4 is 34.7 Å². The zero-order valence-electron chi connectivity index (χ0n) is 12.1. The predicted molar refractivity (Wildman–Crippen MR) is 88.1 cm³/mol. The highest BCUT2D eigenvalue weighted by Crippen LogP contribution is 2.31. The number of hydrogen-bond donors (Lipinski definition) is 2. The fourth-order valence-corrected chi connectivity index (χ4v) is 3.29. The van der Waals surface area contributed by atoms with E-state index in [0.717, 1.165) is 0 Å². The smallest absolute Gasteiger partial charge is 0.288 e. The number of amides is 1. The molecule has 10 heteroatoms. The molecule has 3 aromatic rings. The molecule has 0 aliphatic carbocycles. The van der Waals surface area contributed by atoms with Gasteiger partial charge in [0.1, 0.15) is 6.33 Å². The van der Waals surface area contributed by atoms with E-state index in [9.17, 15) is 13.6 Å². The Morgan fingerprint density at radius 1 is 1.38 bits per heavy atom. The third-order valence-corrected chi connectivity index (χ3v) is 4.57. The van der Waals surface area contributed by atoms with Crippen molar-refractivity contribution in [3.05, 3.63) is 41.7 Å². The topological polar surface area (TPSA) is 83.6 Å². The second-order valence-electron chi connectivity index (χ2n) is 4.58. The van der Waals surface area contributed by atoms with Crippen LogP contribution in [-0.2, 0) is 11.2 Å². The van der Waals surface area contributed by atoms with Crippen LogP contribution in [0.4, 0.5) is 14.5 Å². The van der Waals surface area contributed by atoms with Crippen molar-refractivity contribution < 1.29 is 13.6 Å². The van der Waals surface area contributed by atoms with Crippen LogP contribution in [0.25, 0.3) is 10.8 Å². The van der Waals surface area contributed by atoms with Gasteiger partial charge in [-0.15, -0.1) is 11.3 Å². The predicted octanol–water partition coefficient (Wildman–Crippen LogP) is 3.42. The largest absolute Gasteiger partial charge is 0.325 e. The molecular formula is C14H11F2N5OS2. The molecule has 2 heterocycles. The molecule has 0 saturated carbocycles. The monoisotopic (exact) mass is 367 g/mol. The molecule has 2 aromatic heterocycles. The molecule has 24 heavy (non-hydrogen) atoms. The number of H-pyrrole nitrogens is 1. The number of alkyl halides is 2. The SMILES string of the molecule is O=C(Cc1csc(-c2ncn[nH]2)n1)Nc1ccccc1SC(F)F. The van der Waals surface area contributed by atoms with Crippen LogP contribution in [0.3, 0.4) is 0 Å². The van der Waals surface area contributed by atoms with Crippen molar-refractivity contribution in [1.29, 1.82) is 0 Å². The summed E-state index contributed by atoms with van der Waals surface area (Å²) in [4.78, 5) is 20.8. The highest BCUT2D eigenvalue weighted by Gasteiger charge is 2.14. The molecule has 0 aliphatic rings.